The lowest BCUT2D eigenvalue weighted by atomic mass is 9.90. The predicted molar refractivity (Wildman–Crippen MR) is 78.8 cm³/mol. The average Bonchev–Trinajstić information content (AvgIpc) is 2.27. The Labute approximate surface area is 114 Å². The molecule has 0 aromatic heterocycles. The minimum Gasteiger partial charge on any atom is -0.507 e. The normalized spacial score (nSPS) is 11.0. The van der Waals surface area contributed by atoms with Gasteiger partial charge in [-0.2, -0.15) is 0 Å². The van der Waals surface area contributed by atoms with Crippen molar-refractivity contribution in [3.05, 3.63) is 47.0 Å². The molecule has 2 N–H and O–H groups in total. The van der Waals surface area contributed by atoms with Crippen LogP contribution >= 0.6 is 0 Å². The van der Waals surface area contributed by atoms with Crippen molar-refractivity contribution >= 4 is 0 Å². The van der Waals surface area contributed by atoms with Crippen LogP contribution in [0, 0.1) is 13.8 Å². The Morgan fingerprint density at radius 2 is 1.42 bits per heavy atom. The molecule has 0 fully saturated rings. The monoisotopic (exact) mass is 256 g/mol. The number of aromatic hydroxyl groups is 2. The molecule has 0 atom stereocenters. The summed E-state index contributed by atoms with van der Waals surface area (Å²) in [5.74, 6) is 0.589. The molecule has 19 heavy (non-hydrogen) atoms. The lowest BCUT2D eigenvalue weighted by molar-refractivity contribution is 0.453. The first-order valence-corrected chi connectivity index (χ1v) is 6.53. The molecular formula is C17H20O2. The van der Waals surface area contributed by atoms with Crippen LogP contribution in [0.2, 0.25) is 0 Å². The summed E-state index contributed by atoms with van der Waals surface area (Å²) >= 11 is 0. The Bertz CT molecular complexity index is 590. The van der Waals surface area contributed by atoms with Gasteiger partial charge in [-0.1, -0.05) is 37.6 Å². The van der Waals surface area contributed by atoms with Crippen molar-refractivity contribution in [3.63, 3.8) is 0 Å². The third-order valence-corrected chi connectivity index (χ3v) is 3.34. The van der Waals surface area contributed by atoms with E-state index in [4.69, 9.17) is 0 Å². The van der Waals surface area contributed by atoms with Crippen LogP contribution in [-0.2, 0) is 0 Å². The van der Waals surface area contributed by atoms with Crippen molar-refractivity contribution in [2.75, 3.05) is 0 Å². The zero-order chi connectivity index (χ0) is 14.2. The molecule has 0 amide bonds. The second-order valence-corrected chi connectivity index (χ2v) is 5.42. The maximum absolute atomic E-state index is 10.2. The van der Waals surface area contributed by atoms with Crippen LogP contribution in [0.4, 0.5) is 0 Å². The molecule has 0 aliphatic rings. The largest absolute Gasteiger partial charge is 0.507 e. The van der Waals surface area contributed by atoms with E-state index in [1.807, 2.05) is 19.9 Å². The van der Waals surface area contributed by atoms with Gasteiger partial charge in [0.15, 0.2) is 0 Å². The Morgan fingerprint density at radius 3 is 1.95 bits per heavy atom. The second-order valence-electron chi connectivity index (χ2n) is 5.42. The summed E-state index contributed by atoms with van der Waals surface area (Å²) in [5, 5.41) is 20.3. The molecule has 0 unspecified atom stereocenters. The first-order valence-electron chi connectivity index (χ1n) is 6.53. The summed E-state index contributed by atoms with van der Waals surface area (Å²) in [5.41, 5.74) is 4.51. The minimum atomic E-state index is 0.130. The van der Waals surface area contributed by atoms with Crippen LogP contribution in [0.5, 0.6) is 11.5 Å². The molecule has 0 radical (unpaired) electrons. The van der Waals surface area contributed by atoms with E-state index in [0.717, 1.165) is 22.3 Å². The lowest BCUT2D eigenvalue weighted by Crippen LogP contribution is -1.94. The van der Waals surface area contributed by atoms with E-state index in [-0.39, 0.29) is 11.5 Å². The smallest absolute Gasteiger partial charge is 0.127 e. The molecule has 2 aromatic carbocycles. The minimum absolute atomic E-state index is 0.130. The zero-order valence-electron chi connectivity index (χ0n) is 11.9. The van der Waals surface area contributed by atoms with E-state index >= 15 is 0 Å². The number of benzene rings is 2. The van der Waals surface area contributed by atoms with Gasteiger partial charge in [-0.25, -0.2) is 0 Å². The van der Waals surface area contributed by atoms with Crippen LogP contribution in [0.3, 0.4) is 0 Å². The van der Waals surface area contributed by atoms with Crippen LogP contribution < -0.4 is 0 Å². The third-order valence-electron chi connectivity index (χ3n) is 3.34. The third kappa shape index (κ3) is 2.58. The lowest BCUT2D eigenvalue weighted by Gasteiger charge is -2.16. The highest BCUT2D eigenvalue weighted by Crippen LogP contribution is 2.41. The molecule has 0 saturated carbocycles. The summed E-state index contributed by atoms with van der Waals surface area (Å²) < 4.78 is 0. The maximum atomic E-state index is 10.2. The zero-order valence-corrected chi connectivity index (χ0v) is 11.9. The summed E-state index contributed by atoms with van der Waals surface area (Å²) in [6.45, 7) is 8.08. The van der Waals surface area contributed by atoms with Crippen LogP contribution in [0.15, 0.2) is 30.3 Å². The molecule has 0 spiro atoms. The number of phenols is 2. The van der Waals surface area contributed by atoms with Gasteiger partial charge < -0.3 is 10.2 Å². The van der Waals surface area contributed by atoms with Gasteiger partial charge in [-0.15, -0.1) is 0 Å². The summed E-state index contributed by atoms with van der Waals surface area (Å²) in [6, 6.07) is 9.50. The van der Waals surface area contributed by atoms with Crippen LogP contribution in [0.25, 0.3) is 11.1 Å². The Balaban J connectivity index is 2.75. The van der Waals surface area contributed by atoms with Crippen molar-refractivity contribution < 1.29 is 10.2 Å². The molecule has 0 saturated heterocycles. The Kier molecular flexibility index (Phi) is 3.52. The number of aryl methyl sites for hydroxylation is 2. The fourth-order valence-corrected chi connectivity index (χ4v) is 2.41. The van der Waals surface area contributed by atoms with E-state index in [1.54, 1.807) is 12.1 Å². The van der Waals surface area contributed by atoms with Crippen molar-refractivity contribution in [1.82, 2.24) is 0 Å². The SMILES string of the molecule is Cc1cc(O)c(-c2cc(C)ccc2C(C)C)c(O)c1. The molecule has 2 heteroatoms. The van der Waals surface area contributed by atoms with Crippen molar-refractivity contribution in [2.45, 2.75) is 33.6 Å². The van der Waals surface area contributed by atoms with Gasteiger partial charge >= 0.3 is 0 Å². The summed E-state index contributed by atoms with van der Waals surface area (Å²) in [7, 11) is 0. The molecule has 2 nitrogen and oxygen atoms in total. The highest BCUT2D eigenvalue weighted by molar-refractivity contribution is 5.79. The molecule has 0 bridgehead atoms. The number of rotatable bonds is 2. The molecular weight excluding hydrogens is 236 g/mol. The molecule has 2 aromatic rings. The standard InChI is InChI=1S/C17H20O2/c1-10(2)13-6-5-11(3)7-14(13)17-15(18)8-12(4)9-16(17)19/h5-10,18-19H,1-4H3. The van der Waals surface area contributed by atoms with E-state index in [1.165, 1.54) is 0 Å². The van der Waals surface area contributed by atoms with Gasteiger partial charge in [0.05, 0.1) is 5.56 Å². The van der Waals surface area contributed by atoms with Crippen molar-refractivity contribution in [1.29, 1.82) is 0 Å². The molecule has 0 heterocycles. The van der Waals surface area contributed by atoms with E-state index in [9.17, 15) is 10.2 Å². The first kappa shape index (κ1) is 13.5. The number of hydrogen-bond acceptors (Lipinski definition) is 2. The second kappa shape index (κ2) is 4.96. The van der Waals surface area contributed by atoms with E-state index < -0.39 is 0 Å². The Morgan fingerprint density at radius 1 is 0.842 bits per heavy atom. The van der Waals surface area contributed by atoms with Gasteiger partial charge in [0, 0.05) is 0 Å². The fraction of sp³-hybridized carbons (Fsp3) is 0.294. The molecule has 0 aliphatic heterocycles. The first-order chi connectivity index (χ1) is 8.90. The van der Waals surface area contributed by atoms with E-state index in [0.29, 0.717) is 11.5 Å². The fourth-order valence-electron chi connectivity index (χ4n) is 2.41. The van der Waals surface area contributed by atoms with Crippen molar-refractivity contribution in [2.24, 2.45) is 0 Å². The quantitative estimate of drug-likeness (QED) is 0.830. The average molecular weight is 256 g/mol. The van der Waals surface area contributed by atoms with Gasteiger partial charge in [0.1, 0.15) is 11.5 Å². The predicted octanol–water partition coefficient (Wildman–Crippen LogP) is 4.51. The van der Waals surface area contributed by atoms with Gasteiger partial charge in [-0.05, 0) is 48.6 Å². The van der Waals surface area contributed by atoms with Crippen LogP contribution in [-0.4, -0.2) is 10.2 Å². The van der Waals surface area contributed by atoms with Gasteiger partial charge in [0.25, 0.3) is 0 Å². The number of hydrogen-bond donors (Lipinski definition) is 2. The Hall–Kier alpha value is -1.96. The van der Waals surface area contributed by atoms with Crippen LogP contribution in [0.1, 0.15) is 36.5 Å². The van der Waals surface area contributed by atoms with Gasteiger partial charge in [0.2, 0.25) is 0 Å². The summed E-state index contributed by atoms with van der Waals surface area (Å²) in [6.07, 6.45) is 0. The highest BCUT2D eigenvalue weighted by atomic mass is 16.3. The molecule has 0 aliphatic carbocycles. The van der Waals surface area contributed by atoms with E-state index in [2.05, 4.69) is 26.0 Å². The molecule has 100 valence electrons. The number of phenolic OH excluding ortho intramolecular Hbond substituents is 2. The topological polar surface area (TPSA) is 40.5 Å². The summed E-state index contributed by atoms with van der Waals surface area (Å²) in [4.78, 5) is 0. The van der Waals surface area contributed by atoms with Gasteiger partial charge in [-0.3, -0.25) is 0 Å². The molecule has 2 rings (SSSR count). The van der Waals surface area contributed by atoms with Crippen molar-refractivity contribution in [3.8, 4) is 22.6 Å². The highest BCUT2D eigenvalue weighted by Gasteiger charge is 2.16. The maximum Gasteiger partial charge on any atom is 0.127 e.